The third kappa shape index (κ3) is 8.98. The summed E-state index contributed by atoms with van der Waals surface area (Å²) in [5.74, 6) is 0.915. The first kappa shape index (κ1) is 16.9. The van der Waals surface area contributed by atoms with Crippen molar-refractivity contribution < 1.29 is 9.84 Å². The third-order valence-electron chi connectivity index (χ3n) is 2.09. The summed E-state index contributed by atoms with van der Waals surface area (Å²) in [6, 6.07) is 8.40. The fourth-order valence-corrected chi connectivity index (χ4v) is 1.47. The Kier molecular flexibility index (Phi) is 9.28. The third-order valence-corrected chi connectivity index (χ3v) is 2.09. The summed E-state index contributed by atoms with van der Waals surface area (Å²) in [5, 5.41) is 14.6. The van der Waals surface area contributed by atoms with Crippen molar-refractivity contribution in [1.82, 2.24) is 10.6 Å². The molecule has 0 spiro atoms. The number of aliphatic hydroxyl groups is 1. The van der Waals surface area contributed by atoms with Crippen LogP contribution in [0.3, 0.4) is 0 Å². The molecule has 4 heteroatoms. The Balaban J connectivity index is 0.000000360. The second kappa shape index (κ2) is 9.88. The van der Waals surface area contributed by atoms with Crippen LogP contribution in [0.1, 0.15) is 26.3 Å². The zero-order valence-electron chi connectivity index (χ0n) is 12.0. The van der Waals surface area contributed by atoms with Gasteiger partial charge in [-0.15, -0.1) is 0 Å². The minimum Gasteiger partial charge on any atom is -0.497 e. The lowest BCUT2D eigenvalue weighted by Crippen LogP contribution is -2.31. The number of nitrogens with one attached hydrogen (secondary N) is 2. The van der Waals surface area contributed by atoms with Crippen molar-refractivity contribution in [1.29, 1.82) is 0 Å². The second-order valence-electron chi connectivity index (χ2n) is 4.38. The largest absolute Gasteiger partial charge is 0.497 e. The van der Waals surface area contributed by atoms with Crippen LogP contribution in [0, 0.1) is 0 Å². The zero-order chi connectivity index (χ0) is 14.0. The molecule has 0 bridgehead atoms. The molecule has 0 heterocycles. The molecule has 0 saturated heterocycles. The Hall–Kier alpha value is -1.10. The summed E-state index contributed by atoms with van der Waals surface area (Å²) < 4.78 is 5.07. The fraction of sp³-hybridized carbons (Fsp3) is 0.571. The van der Waals surface area contributed by atoms with Gasteiger partial charge in [0.15, 0.2) is 0 Å². The Morgan fingerprint density at radius 1 is 1.28 bits per heavy atom. The Morgan fingerprint density at radius 2 is 1.94 bits per heavy atom. The van der Waals surface area contributed by atoms with E-state index in [9.17, 15) is 0 Å². The van der Waals surface area contributed by atoms with Crippen LogP contribution in [0.4, 0.5) is 0 Å². The van der Waals surface area contributed by atoms with E-state index in [1.807, 2.05) is 39.1 Å². The highest BCUT2D eigenvalue weighted by atomic mass is 16.5. The Morgan fingerprint density at radius 3 is 2.33 bits per heavy atom. The molecule has 1 rings (SSSR count). The van der Waals surface area contributed by atoms with Crippen LogP contribution in [0.15, 0.2) is 24.3 Å². The first-order valence-corrected chi connectivity index (χ1v) is 6.21. The van der Waals surface area contributed by atoms with Crippen molar-refractivity contribution in [2.75, 3.05) is 14.2 Å². The Bertz CT molecular complexity index is 308. The molecule has 4 nitrogen and oxygen atoms in total. The van der Waals surface area contributed by atoms with Gasteiger partial charge in [-0.2, -0.15) is 0 Å². The molecular weight excluding hydrogens is 228 g/mol. The second-order valence-corrected chi connectivity index (χ2v) is 4.38. The van der Waals surface area contributed by atoms with Gasteiger partial charge in [0.2, 0.25) is 0 Å². The van der Waals surface area contributed by atoms with E-state index in [0.29, 0.717) is 6.04 Å². The molecule has 0 aliphatic carbocycles. The van der Waals surface area contributed by atoms with Gasteiger partial charge < -0.3 is 15.2 Å². The van der Waals surface area contributed by atoms with E-state index < -0.39 is 0 Å². The average Bonchev–Trinajstić information content (AvgIpc) is 2.29. The normalized spacial score (nSPS) is 11.7. The maximum atomic E-state index is 8.61. The lowest BCUT2D eigenvalue weighted by molar-refractivity contribution is 0.146. The highest BCUT2D eigenvalue weighted by molar-refractivity contribution is 5.28. The summed E-state index contributed by atoms with van der Waals surface area (Å²) in [4.78, 5) is 0. The van der Waals surface area contributed by atoms with Crippen molar-refractivity contribution in [3.05, 3.63) is 29.8 Å². The van der Waals surface area contributed by atoms with Gasteiger partial charge in [-0.25, -0.2) is 0 Å². The van der Waals surface area contributed by atoms with E-state index in [1.54, 1.807) is 14.0 Å². The van der Waals surface area contributed by atoms with Gasteiger partial charge in [-0.3, -0.25) is 5.32 Å². The van der Waals surface area contributed by atoms with E-state index in [1.165, 1.54) is 5.56 Å². The predicted octanol–water partition coefficient (Wildman–Crippen LogP) is 1.74. The van der Waals surface area contributed by atoms with Gasteiger partial charge in [0, 0.05) is 12.6 Å². The lowest BCUT2D eigenvalue weighted by Gasteiger charge is -2.09. The topological polar surface area (TPSA) is 53.5 Å². The smallest absolute Gasteiger partial charge is 0.119 e. The molecule has 1 aromatic carbocycles. The fourth-order valence-electron chi connectivity index (χ4n) is 1.47. The molecule has 18 heavy (non-hydrogen) atoms. The van der Waals surface area contributed by atoms with Crippen molar-refractivity contribution in [3.63, 3.8) is 0 Å². The summed E-state index contributed by atoms with van der Waals surface area (Å²) in [5.41, 5.74) is 1.24. The van der Waals surface area contributed by atoms with Crippen molar-refractivity contribution in [2.45, 2.75) is 39.6 Å². The maximum absolute atomic E-state index is 8.61. The van der Waals surface area contributed by atoms with Gasteiger partial charge in [0.05, 0.1) is 7.11 Å². The summed E-state index contributed by atoms with van der Waals surface area (Å²) in [7, 11) is 3.61. The first-order valence-electron chi connectivity index (χ1n) is 6.21. The van der Waals surface area contributed by atoms with Crippen molar-refractivity contribution in [2.24, 2.45) is 0 Å². The number of benzene rings is 1. The van der Waals surface area contributed by atoms with Gasteiger partial charge in [0.25, 0.3) is 0 Å². The summed E-state index contributed by atoms with van der Waals surface area (Å²) in [6.07, 6.45) is -0.375. The van der Waals surface area contributed by atoms with E-state index in [2.05, 4.69) is 16.7 Å². The molecule has 0 saturated carbocycles. The van der Waals surface area contributed by atoms with Gasteiger partial charge in [-0.1, -0.05) is 12.1 Å². The molecule has 3 N–H and O–H groups in total. The number of hydrogen-bond donors (Lipinski definition) is 3. The van der Waals surface area contributed by atoms with Crippen LogP contribution in [0.2, 0.25) is 0 Å². The van der Waals surface area contributed by atoms with Crippen LogP contribution in [0.25, 0.3) is 0 Å². The van der Waals surface area contributed by atoms with E-state index in [-0.39, 0.29) is 6.23 Å². The number of ether oxygens (including phenoxy) is 1. The molecule has 1 unspecified atom stereocenters. The van der Waals surface area contributed by atoms with Crippen molar-refractivity contribution in [3.8, 4) is 5.75 Å². The molecular formula is C14H26N2O2. The van der Waals surface area contributed by atoms with Crippen LogP contribution >= 0.6 is 0 Å². The molecule has 104 valence electrons. The van der Waals surface area contributed by atoms with E-state index >= 15 is 0 Å². The predicted molar refractivity (Wildman–Crippen MR) is 75.7 cm³/mol. The standard InChI is InChI=1S/C9H13NO.C5H13NO/c1-10-7-8-4-3-5-9(6-8)11-2;1-4(2)6-5(3)7/h3-6,10H,7H2,1-2H3;4-7H,1-3H3. The first-order chi connectivity index (χ1) is 8.49. The quantitative estimate of drug-likeness (QED) is 0.701. The van der Waals surface area contributed by atoms with Crippen LogP contribution < -0.4 is 15.4 Å². The van der Waals surface area contributed by atoms with E-state index in [0.717, 1.165) is 12.3 Å². The number of rotatable bonds is 5. The minimum atomic E-state index is -0.375. The summed E-state index contributed by atoms with van der Waals surface area (Å²) >= 11 is 0. The molecule has 0 aliphatic rings. The SMILES string of the molecule is CC(C)NC(C)O.CNCc1cccc(OC)c1. The van der Waals surface area contributed by atoms with Gasteiger partial charge >= 0.3 is 0 Å². The highest BCUT2D eigenvalue weighted by Crippen LogP contribution is 2.11. The molecule has 0 fully saturated rings. The maximum Gasteiger partial charge on any atom is 0.119 e. The van der Waals surface area contributed by atoms with Crippen LogP contribution in [0.5, 0.6) is 5.75 Å². The molecule has 1 aromatic rings. The number of methoxy groups -OCH3 is 1. The molecule has 0 aliphatic heterocycles. The summed E-state index contributed by atoms with van der Waals surface area (Å²) in [6.45, 7) is 6.58. The molecule has 0 radical (unpaired) electrons. The molecule has 0 amide bonds. The number of hydrogen-bond acceptors (Lipinski definition) is 4. The minimum absolute atomic E-state index is 0.375. The number of aliphatic hydroxyl groups excluding tert-OH is 1. The Labute approximate surface area is 110 Å². The van der Waals surface area contributed by atoms with Gasteiger partial charge in [-0.05, 0) is 45.5 Å². The van der Waals surface area contributed by atoms with Crippen LogP contribution in [-0.4, -0.2) is 31.5 Å². The molecule has 1 atom stereocenters. The van der Waals surface area contributed by atoms with Gasteiger partial charge in [0.1, 0.15) is 12.0 Å². The van der Waals surface area contributed by atoms with Crippen molar-refractivity contribution >= 4 is 0 Å². The molecule has 0 aromatic heterocycles. The van der Waals surface area contributed by atoms with E-state index in [4.69, 9.17) is 9.84 Å². The highest BCUT2D eigenvalue weighted by Gasteiger charge is 1.94. The lowest BCUT2D eigenvalue weighted by atomic mass is 10.2. The zero-order valence-corrected chi connectivity index (χ0v) is 12.0. The van der Waals surface area contributed by atoms with Crippen LogP contribution in [-0.2, 0) is 6.54 Å². The monoisotopic (exact) mass is 254 g/mol. The average molecular weight is 254 g/mol.